The first-order valence-electron chi connectivity index (χ1n) is 5.20. The van der Waals surface area contributed by atoms with Gasteiger partial charge in [-0.25, -0.2) is 13.6 Å². The third-order valence-corrected chi connectivity index (χ3v) is 2.48. The second-order valence-corrected chi connectivity index (χ2v) is 3.70. The average Bonchev–Trinajstić information content (AvgIpc) is 2.74. The minimum absolute atomic E-state index is 0.148. The van der Waals surface area contributed by atoms with Gasteiger partial charge in [0.05, 0.1) is 18.3 Å². The van der Waals surface area contributed by atoms with Gasteiger partial charge in [0.15, 0.2) is 5.69 Å². The highest BCUT2D eigenvalue weighted by Gasteiger charge is 2.23. The van der Waals surface area contributed by atoms with Gasteiger partial charge in [0.25, 0.3) is 6.43 Å². The molecule has 2 rings (SSSR count). The van der Waals surface area contributed by atoms with Crippen LogP contribution >= 0.6 is 0 Å². The fourth-order valence-electron chi connectivity index (χ4n) is 1.67. The summed E-state index contributed by atoms with van der Waals surface area (Å²) in [7, 11) is 0. The molecular weight excluding hydrogens is 242 g/mol. The van der Waals surface area contributed by atoms with E-state index in [2.05, 4.69) is 5.10 Å². The number of hydrogen-bond acceptors (Lipinski definition) is 2. The molecule has 0 fully saturated rings. The molecular formula is C12H10F2N2O2. The minimum atomic E-state index is -2.85. The van der Waals surface area contributed by atoms with Crippen molar-refractivity contribution in [1.29, 1.82) is 0 Å². The van der Waals surface area contributed by atoms with Crippen molar-refractivity contribution in [1.82, 2.24) is 9.78 Å². The van der Waals surface area contributed by atoms with Gasteiger partial charge in [-0.2, -0.15) is 5.10 Å². The SMILES string of the molecule is O=C(O)c1c(C(F)F)cnn1Cc1ccccc1. The maximum atomic E-state index is 12.6. The normalized spacial score (nSPS) is 10.8. The molecule has 2 aromatic rings. The molecule has 0 saturated carbocycles. The third kappa shape index (κ3) is 2.37. The van der Waals surface area contributed by atoms with Crippen molar-refractivity contribution in [2.75, 3.05) is 0 Å². The summed E-state index contributed by atoms with van der Waals surface area (Å²) >= 11 is 0. The highest BCUT2D eigenvalue weighted by Crippen LogP contribution is 2.23. The van der Waals surface area contributed by atoms with E-state index in [0.717, 1.165) is 16.4 Å². The first-order chi connectivity index (χ1) is 8.59. The lowest BCUT2D eigenvalue weighted by atomic mass is 10.2. The first-order valence-corrected chi connectivity index (χ1v) is 5.20. The summed E-state index contributed by atoms with van der Waals surface area (Å²) in [6.07, 6.45) is -1.95. The van der Waals surface area contributed by atoms with Crippen LogP contribution in [0.15, 0.2) is 36.5 Å². The Bertz CT molecular complexity index is 552. The van der Waals surface area contributed by atoms with Crippen molar-refractivity contribution in [3.8, 4) is 0 Å². The summed E-state index contributed by atoms with van der Waals surface area (Å²) in [5.74, 6) is -1.40. The van der Waals surface area contributed by atoms with Crippen molar-refractivity contribution >= 4 is 5.97 Å². The maximum Gasteiger partial charge on any atom is 0.354 e. The molecule has 0 aliphatic heterocycles. The summed E-state index contributed by atoms with van der Waals surface area (Å²) < 4.78 is 26.3. The number of rotatable bonds is 4. The number of nitrogens with zero attached hydrogens (tertiary/aromatic N) is 2. The van der Waals surface area contributed by atoms with Crippen molar-refractivity contribution in [2.24, 2.45) is 0 Å². The summed E-state index contributed by atoms with van der Waals surface area (Å²) in [4.78, 5) is 11.0. The standard InChI is InChI=1S/C12H10F2N2O2/c13-11(14)9-6-15-16(10(9)12(17)18)7-8-4-2-1-3-5-8/h1-6,11H,7H2,(H,17,18). The average molecular weight is 252 g/mol. The number of benzene rings is 1. The van der Waals surface area contributed by atoms with Gasteiger partial charge in [-0.3, -0.25) is 4.68 Å². The van der Waals surface area contributed by atoms with E-state index in [1.54, 1.807) is 24.3 Å². The van der Waals surface area contributed by atoms with E-state index in [1.165, 1.54) is 0 Å². The molecule has 0 atom stereocenters. The fourth-order valence-corrected chi connectivity index (χ4v) is 1.67. The molecule has 0 bridgehead atoms. The van der Waals surface area contributed by atoms with E-state index >= 15 is 0 Å². The predicted molar refractivity (Wildman–Crippen MR) is 59.7 cm³/mol. The Balaban J connectivity index is 2.37. The lowest BCUT2D eigenvalue weighted by Gasteiger charge is -2.05. The monoisotopic (exact) mass is 252 g/mol. The molecule has 0 unspecified atom stereocenters. The quantitative estimate of drug-likeness (QED) is 0.909. The Morgan fingerprint density at radius 3 is 2.56 bits per heavy atom. The van der Waals surface area contributed by atoms with Crippen molar-refractivity contribution in [3.05, 3.63) is 53.3 Å². The summed E-state index contributed by atoms with van der Waals surface area (Å²) in [6.45, 7) is 0.148. The molecule has 1 N–H and O–H groups in total. The van der Waals surface area contributed by atoms with E-state index in [0.29, 0.717) is 0 Å². The lowest BCUT2D eigenvalue weighted by molar-refractivity contribution is 0.0671. The zero-order valence-corrected chi connectivity index (χ0v) is 9.25. The molecule has 0 amide bonds. The highest BCUT2D eigenvalue weighted by molar-refractivity contribution is 5.87. The minimum Gasteiger partial charge on any atom is -0.477 e. The summed E-state index contributed by atoms with van der Waals surface area (Å²) in [6, 6.07) is 8.93. The van der Waals surface area contributed by atoms with Gasteiger partial charge >= 0.3 is 5.97 Å². The first kappa shape index (κ1) is 12.2. The van der Waals surface area contributed by atoms with E-state index < -0.39 is 23.7 Å². The van der Waals surface area contributed by atoms with E-state index in [-0.39, 0.29) is 6.54 Å². The maximum absolute atomic E-state index is 12.6. The largest absolute Gasteiger partial charge is 0.477 e. The number of carbonyl (C=O) groups is 1. The zero-order chi connectivity index (χ0) is 13.1. The Hall–Kier alpha value is -2.24. The van der Waals surface area contributed by atoms with Crippen LogP contribution in [-0.2, 0) is 6.54 Å². The fraction of sp³-hybridized carbons (Fsp3) is 0.167. The molecule has 0 radical (unpaired) electrons. The molecule has 0 aliphatic carbocycles. The lowest BCUT2D eigenvalue weighted by Crippen LogP contribution is -2.12. The number of carboxylic acid groups (broad SMARTS) is 1. The van der Waals surface area contributed by atoms with Gasteiger partial charge in [-0.05, 0) is 5.56 Å². The molecule has 1 aromatic heterocycles. The Kier molecular flexibility index (Phi) is 3.36. The Labute approximate surface area is 101 Å². The van der Waals surface area contributed by atoms with Crippen LogP contribution in [0.5, 0.6) is 0 Å². The van der Waals surface area contributed by atoms with Crippen LogP contribution in [0.25, 0.3) is 0 Å². The van der Waals surface area contributed by atoms with E-state index in [1.807, 2.05) is 6.07 Å². The number of halogens is 2. The number of alkyl halides is 2. The number of aromatic nitrogens is 2. The Morgan fingerprint density at radius 2 is 2.00 bits per heavy atom. The molecule has 94 valence electrons. The molecule has 6 heteroatoms. The number of aromatic carboxylic acids is 1. The molecule has 1 heterocycles. The number of carboxylic acids is 1. The molecule has 1 aromatic carbocycles. The van der Waals surface area contributed by atoms with Crippen molar-refractivity contribution in [2.45, 2.75) is 13.0 Å². The van der Waals surface area contributed by atoms with Crippen LogP contribution in [0.4, 0.5) is 8.78 Å². The van der Waals surface area contributed by atoms with Crippen LogP contribution in [0.3, 0.4) is 0 Å². The molecule has 0 aliphatic rings. The van der Waals surface area contributed by atoms with Gasteiger partial charge < -0.3 is 5.11 Å². The highest BCUT2D eigenvalue weighted by atomic mass is 19.3. The predicted octanol–water partition coefficient (Wildman–Crippen LogP) is 2.57. The van der Waals surface area contributed by atoms with Gasteiger partial charge in [-0.15, -0.1) is 0 Å². The second-order valence-electron chi connectivity index (χ2n) is 3.70. The van der Waals surface area contributed by atoms with Crippen LogP contribution in [0, 0.1) is 0 Å². The van der Waals surface area contributed by atoms with Gasteiger partial charge in [0, 0.05) is 0 Å². The van der Waals surface area contributed by atoms with Crippen LogP contribution in [0.1, 0.15) is 28.0 Å². The summed E-state index contributed by atoms with van der Waals surface area (Å²) in [5, 5.41) is 12.7. The van der Waals surface area contributed by atoms with E-state index in [9.17, 15) is 13.6 Å². The Morgan fingerprint density at radius 1 is 1.33 bits per heavy atom. The number of hydrogen-bond donors (Lipinski definition) is 1. The van der Waals surface area contributed by atoms with Gasteiger partial charge in [-0.1, -0.05) is 30.3 Å². The second kappa shape index (κ2) is 4.95. The third-order valence-electron chi connectivity index (χ3n) is 2.48. The van der Waals surface area contributed by atoms with Crippen molar-refractivity contribution in [3.63, 3.8) is 0 Å². The molecule has 0 saturated heterocycles. The van der Waals surface area contributed by atoms with Gasteiger partial charge in [0.1, 0.15) is 0 Å². The molecule has 4 nitrogen and oxygen atoms in total. The zero-order valence-electron chi connectivity index (χ0n) is 9.25. The smallest absolute Gasteiger partial charge is 0.354 e. The van der Waals surface area contributed by atoms with Gasteiger partial charge in [0.2, 0.25) is 0 Å². The molecule has 18 heavy (non-hydrogen) atoms. The van der Waals surface area contributed by atoms with Crippen molar-refractivity contribution < 1.29 is 18.7 Å². The van der Waals surface area contributed by atoms with Crippen LogP contribution < -0.4 is 0 Å². The van der Waals surface area contributed by atoms with Crippen LogP contribution in [0.2, 0.25) is 0 Å². The molecule has 0 spiro atoms. The topological polar surface area (TPSA) is 55.1 Å². The summed E-state index contributed by atoms with van der Waals surface area (Å²) in [5.41, 5.74) is -0.226. The van der Waals surface area contributed by atoms with E-state index in [4.69, 9.17) is 5.11 Å². The van der Waals surface area contributed by atoms with Crippen LogP contribution in [-0.4, -0.2) is 20.9 Å².